The summed E-state index contributed by atoms with van der Waals surface area (Å²) in [6.07, 6.45) is -2.98. The molecule has 0 bridgehead atoms. The highest BCUT2D eigenvalue weighted by Crippen LogP contribution is 2.36. The molecule has 2 aromatic rings. The van der Waals surface area contributed by atoms with E-state index in [2.05, 4.69) is 5.32 Å². The number of methoxy groups -OCH3 is 1. The first kappa shape index (κ1) is 22.9. The van der Waals surface area contributed by atoms with E-state index in [9.17, 15) is 22.8 Å². The smallest absolute Gasteiger partial charge is 0.416 e. The van der Waals surface area contributed by atoms with Crippen LogP contribution >= 0.6 is 11.6 Å². The van der Waals surface area contributed by atoms with Crippen molar-refractivity contribution in [3.63, 3.8) is 0 Å². The van der Waals surface area contributed by atoms with Crippen molar-refractivity contribution >= 4 is 34.7 Å². The summed E-state index contributed by atoms with van der Waals surface area (Å²) in [6.45, 7) is 1.42. The number of amides is 1. The van der Waals surface area contributed by atoms with Crippen LogP contribution in [0.5, 0.6) is 5.75 Å². The number of carbonyl (C=O) groups is 2. The lowest BCUT2D eigenvalue weighted by molar-refractivity contribution is -0.137. The number of anilines is 2. The minimum Gasteiger partial charge on any atom is -0.496 e. The Morgan fingerprint density at radius 1 is 1.10 bits per heavy atom. The van der Waals surface area contributed by atoms with E-state index in [1.54, 1.807) is 12.1 Å². The number of halogens is 4. The van der Waals surface area contributed by atoms with Gasteiger partial charge in [0.15, 0.2) is 5.78 Å². The van der Waals surface area contributed by atoms with Crippen LogP contribution in [0.4, 0.5) is 24.5 Å². The second-order valence-corrected chi connectivity index (χ2v) is 7.68. The van der Waals surface area contributed by atoms with Gasteiger partial charge >= 0.3 is 6.18 Å². The number of rotatable bonds is 7. The lowest BCUT2D eigenvalue weighted by Crippen LogP contribution is -2.22. The second kappa shape index (κ2) is 9.60. The number of nitrogens with zero attached hydrogens (tertiary/aromatic N) is 1. The molecule has 0 spiro atoms. The number of nitrogens with one attached hydrogen (secondary N) is 1. The van der Waals surface area contributed by atoms with Crippen molar-refractivity contribution in [1.29, 1.82) is 0 Å². The van der Waals surface area contributed by atoms with Gasteiger partial charge in [0.25, 0.3) is 0 Å². The first-order valence-corrected chi connectivity index (χ1v) is 10.2. The molecule has 9 heteroatoms. The Balaban J connectivity index is 1.73. The molecule has 1 saturated heterocycles. The number of ether oxygens (including phenoxy) is 1. The van der Waals surface area contributed by atoms with E-state index in [1.807, 2.05) is 4.90 Å². The minimum atomic E-state index is -4.53. The van der Waals surface area contributed by atoms with Crippen LogP contribution in [0.2, 0.25) is 5.02 Å². The summed E-state index contributed by atoms with van der Waals surface area (Å²) < 4.78 is 44.6. The van der Waals surface area contributed by atoms with Crippen LogP contribution in [-0.2, 0) is 11.0 Å². The van der Waals surface area contributed by atoms with E-state index in [1.165, 1.54) is 19.2 Å². The quantitative estimate of drug-likeness (QED) is 0.556. The molecule has 1 heterocycles. The number of ketones is 1. The van der Waals surface area contributed by atoms with Crippen LogP contribution in [0.3, 0.4) is 0 Å². The summed E-state index contributed by atoms with van der Waals surface area (Å²) >= 11 is 5.94. The van der Waals surface area contributed by atoms with Crippen molar-refractivity contribution < 1.29 is 27.5 Å². The van der Waals surface area contributed by atoms with Crippen LogP contribution in [0.1, 0.15) is 41.6 Å². The lowest BCUT2D eigenvalue weighted by Gasteiger charge is -2.23. The molecule has 0 aliphatic carbocycles. The number of Topliss-reactive ketones (excluding diaryl/α,β-unsaturated/α-hetero) is 1. The van der Waals surface area contributed by atoms with Crippen LogP contribution < -0.4 is 15.0 Å². The Kier molecular flexibility index (Phi) is 7.10. The molecule has 1 aliphatic heterocycles. The number of hydrogen-bond acceptors (Lipinski definition) is 4. The van der Waals surface area contributed by atoms with Gasteiger partial charge in [0.05, 0.1) is 29.6 Å². The zero-order valence-corrected chi connectivity index (χ0v) is 17.6. The summed E-state index contributed by atoms with van der Waals surface area (Å²) in [6, 6.07) is 7.92. The fourth-order valence-electron chi connectivity index (χ4n) is 3.52. The van der Waals surface area contributed by atoms with E-state index in [0.29, 0.717) is 29.5 Å². The fraction of sp³-hybridized carbons (Fsp3) is 0.364. The predicted molar refractivity (Wildman–Crippen MR) is 113 cm³/mol. The Bertz CT molecular complexity index is 973. The molecule has 1 amide bonds. The van der Waals surface area contributed by atoms with Crippen LogP contribution in [-0.4, -0.2) is 31.9 Å². The molecule has 1 fully saturated rings. The third kappa shape index (κ3) is 5.70. The Hall–Kier alpha value is -2.74. The average molecular weight is 455 g/mol. The van der Waals surface area contributed by atoms with E-state index < -0.39 is 17.6 Å². The van der Waals surface area contributed by atoms with Crippen molar-refractivity contribution in [3.8, 4) is 5.75 Å². The van der Waals surface area contributed by atoms with Gasteiger partial charge in [0, 0.05) is 31.0 Å². The van der Waals surface area contributed by atoms with Gasteiger partial charge in [-0.1, -0.05) is 11.6 Å². The van der Waals surface area contributed by atoms with E-state index in [0.717, 1.165) is 25.0 Å². The van der Waals surface area contributed by atoms with Gasteiger partial charge in [-0.2, -0.15) is 13.2 Å². The maximum atomic E-state index is 13.2. The van der Waals surface area contributed by atoms with Crippen LogP contribution in [0.15, 0.2) is 36.4 Å². The number of hydrogen-bond donors (Lipinski definition) is 1. The lowest BCUT2D eigenvalue weighted by atomic mass is 10.0. The molecule has 3 rings (SSSR count). The molecule has 0 atom stereocenters. The van der Waals surface area contributed by atoms with Crippen molar-refractivity contribution in [2.45, 2.75) is 31.9 Å². The highest BCUT2D eigenvalue weighted by Gasteiger charge is 2.32. The van der Waals surface area contributed by atoms with Gasteiger partial charge in [-0.15, -0.1) is 0 Å². The number of alkyl halides is 3. The monoisotopic (exact) mass is 454 g/mol. The Morgan fingerprint density at radius 2 is 1.81 bits per heavy atom. The zero-order chi connectivity index (χ0) is 22.6. The summed E-state index contributed by atoms with van der Waals surface area (Å²) in [7, 11) is 1.42. The molecule has 5 nitrogen and oxygen atoms in total. The molecule has 0 saturated carbocycles. The largest absolute Gasteiger partial charge is 0.496 e. The fourth-order valence-corrected chi connectivity index (χ4v) is 3.69. The molecule has 166 valence electrons. The molecule has 0 radical (unpaired) electrons. The SMILES string of the molecule is COc1ccc(Cl)cc1C(=O)CCC(=O)Nc1cc(C(F)(F)F)ccc1N1CCCC1. The average Bonchev–Trinajstić information content (AvgIpc) is 3.26. The highest BCUT2D eigenvalue weighted by molar-refractivity contribution is 6.31. The molecule has 0 unspecified atom stereocenters. The molecule has 2 aromatic carbocycles. The van der Waals surface area contributed by atoms with Gasteiger partial charge < -0.3 is 15.0 Å². The van der Waals surface area contributed by atoms with E-state index in [-0.39, 0.29) is 29.9 Å². The normalized spacial score (nSPS) is 13.9. The van der Waals surface area contributed by atoms with Gasteiger partial charge in [0.1, 0.15) is 5.75 Å². The molecule has 0 aromatic heterocycles. The number of benzene rings is 2. The van der Waals surface area contributed by atoms with E-state index in [4.69, 9.17) is 16.3 Å². The summed E-state index contributed by atoms with van der Waals surface area (Å²) in [5.41, 5.74) is 0.0429. The molecular formula is C22H22ClF3N2O3. The third-order valence-electron chi connectivity index (χ3n) is 5.09. The van der Waals surface area contributed by atoms with Crippen molar-refractivity contribution in [2.75, 3.05) is 30.4 Å². The van der Waals surface area contributed by atoms with Crippen LogP contribution in [0.25, 0.3) is 0 Å². The predicted octanol–water partition coefficient (Wildman–Crippen LogP) is 5.57. The summed E-state index contributed by atoms with van der Waals surface area (Å²) in [5.74, 6) is -0.559. The second-order valence-electron chi connectivity index (χ2n) is 7.24. The Labute approximate surface area is 183 Å². The van der Waals surface area contributed by atoms with Gasteiger partial charge in [-0.25, -0.2) is 0 Å². The maximum Gasteiger partial charge on any atom is 0.416 e. The summed E-state index contributed by atoms with van der Waals surface area (Å²) in [5, 5.41) is 2.91. The maximum absolute atomic E-state index is 13.2. The molecule has 31 heavy (non-hydrogen) atoms. The highest BCUT2D eigenvalue weighted by atomic mass is 35.5. The van der Waals surface area contributed by atoms with Crippen molar-refractivity contribution in [2.24, 2.45) is 0 Å². The molecule has 1 N–H and O–H groups in total. The Morgan fingerprint density at radius 3 is 2.45 bits per heavy atom. The zero-order valence-electron chi connectivity index (χ0n) is 16.9. The van der Waals surface area contributed by atoms with Crippen molar-refractivity contribution in [1.82, 2.24) is 0 Å². The summed E-state index contributed by atoms with van der Waals surface area (Å²) in [4.78, 5) is 26.9. The van der Waals surface area contributed by atoms with Crippen molar-refractivity contribution in [3.05, 3.63) is 52.5 Å². The minimum absolute atomic E-state index is 0.0921. The topological polar surface area (TPSA) is 58.6 Å². The van der Waals surface area contributed by atoms with Gasteiger partial charge in [-0.3, -0.25) is 9.59 Å². The van der Waals surface area contributed by atoms with Gasteiger partial charge in [0.2, 0.25) is 5.91 Å². The first-order valence-electron chi connectivity index (χ1n) is 9.82. The first-order chi connectivity index (χ1) is 14.7. The standard InChI is InChI=1S/C22H22ClF3N2O3/c1-31-20-8-5-15(23)13-16(20)19(29)7-9-21(30)27-17-12-14(22(24,25)26)4-6-18(17)28-10-2-3-11-28/h4-6,8,12-13H,2-3,7,9-11H2,1H3,(H,27,30). The molecular weight excluding hydrogens is 433 g/mol. The number of carbonyl (C=O) groups excluding carboxylic acids is 2. The van der Waals surface area contributed by atoms with E-state index >= 15 is 0 Å². The third-order valence-corrected chi connectivity index (χ3v) is 5.32. The van der Waals surface area contributed by atoms with Crippen LogP contribution in [0, 0.1) is 0 Å². The molecule has 1 aliphatic rings. The van der Waals surface area contributed by atoms with Gasteiger partial charge in [-0.05, 0) is 49.2 Å².